The maximum atomic E-state index is 5.71. The van der Waals surface area contributed by atoms with E-state index in [0.29, 0.717) is 5.76 Å². The van der Waals surface area contributed by atoms with Crippen LogP contribution in [0.15, 0.2) is 36.9 Å². The fraction of sp³-hybridized carbons (Fsp3) is 0.385. The predicted molar refractivity (Wildman–Crippen MR) is 62.3 cm³/mol. The first-order valence-corrected chi connectivity index (χ1v) is 5.10. The first kappa shape index (κ1) is 11.8. The van der Waals surface area contributed by atoms with Crippen molar-refractivity contribution in [2.45, 2.75) is 26.1 Å². The Morgan fingerprint density at radius 1 is 1.33 bits per heavy atom. The molecular weight excluding hydrogens is 188 g/mol. The number of hydrogen-bond donors (Lipinski definition) is 0. The SMILES string of the molecule is C=C(OC(C)(CC)OC)c1ccccc1. The number of ether oxygens (including phenoxy) is 2. The molecule has 0 aliphatic heterocycles. The minimum atomic E-state index is -0.590. The van der Waals surface area contributed by atoms with Gasteiger partial charge in [0, 0.05) is 26.0 Å². The molecule has 0 bridgehead atoms. The van der Waals surface area contributed by atoms with E-state index in [4.69, 9.17) is 9.47 Å². The predicted octanol–water partition coefficient (Wildman–Crippen LogP) is 3.45. The Bertz CT molecular complexity index is 313. The van der Waals surface area contributed by atoms with Crippen LogP contribution in [0.1, 0.15) is 25.8 Å². The molecule has 1 rings (SSSR count). The van der Waals surface area contributed by atoms with Crippen LogP contribution in [-0.4, -0.2) is 12.9 Å². The fourth-order valence-electron chi connectivity index (χ4n) is 1.20. The molecular formula is C13H18O2. The van der Waals surface area contributed by atoms with Crippen LogP contribution in [0.25, 0.3) is 5.76 Å². The summed E-state index contributed by atoms with van der Waals surface area (Å²) in [5, 5.41) is 0. The molecule has 1 aromatic rings. The summed E-state index contributed by atoms with van der Waals surface area (Å²) >= 11 is 0. The van der Waals surface area contributed by atoms with Crippen LogP contribution in [0.3, 0.4) is 0 Å². The molecule has 0 saturated heterocycles. The van der Waals surface area contributed by atoms with Crippen molar-refractivity contribution in [3.8, 4) is 0 Å². The Morgan fingerprint density at radius 2 is 1.93 bits per heavy atom. The van der Waals surface area contributed by atoms with Crippen molar-refractivity contribution in [3.63, 3.8) is 0 Å². The van der Waals surface area contributed by atoms with Gasteiger partial charge in [0.05, 0.1) is 0 Å². The van der Waals surface area contributed by atoms with Crippen LogP contribution >= 0.6 is 0 Å². The van der Waals surface area contributed by atoms with E-state index < -0.39 is 5.79 Å². The van der Waals surface area contributed by atoms with Gasteiger partial charge in [-0.2, -0.15) is 0 Å². The maximum Gasteiger partial charge on any atom is 0.207 e. The smallest absolute Gasteiger partial charge is 0.207 e. The van der Waals surface area contributed by atoms with Gasteiger partial charge in [-0.15, -0.1) is 0 Å². The van der Waals surface area contributed by atoms with Gasteiger partial charge in [-0.1, -0.05) is 43.8 Å². The Hall–Kier alpha value is -1.28. The largest absolute Gasteiger partial charge is 0.463 e. The van der Waals surface area contributed by atoms with Crippen molar-refractivity contribution in [2.75, 3.05) is 7.11 Å². The zero-order valence-corrected chi connectivity index (χ0v) is 9.62. The minimum Gasteiger partial charge on any atom is -0.463 e. The molecule has 0 aliphatic rings. The van der Waals surface area contributed by atoms with Crippen LogP contribution in [0, 0.1) is 0 Å². The number of benzene rings is 1. The molecule has 2 heteroatoms. The van der Waals surface area contributed by atoms with Crippen molar-refractivity contribution in [1.29, 1.82) is 0 Å². The molecule has 0 aliphatic carbocycles. The third-order valence-electron chi connectivity index (χ3n) is 2.51. The van der Waals surface area contributed by atoms with Crippen LogP contribution in [0.4, 0.5) is 0 Å². The monoisotopic (exact) mass is 206 g/mol. The zero-order valence-electron chi connectivity index (χ0n) is 9.62. The molecule has 2 nitrogen and oxygen atoms in total. The molecule has 0 amide bonds. The van der Waals surface area contributed by atoms with E-state index in [2.05, 4.69) is 6.58 Å². The molecule has 0 saturated carbocycles. The van der Waals surface area contributed by atoms with Crippen molar-refractivity contribution < 1.29 is 9.47 Å². The van der Waals surface area contributed by atoms with Gasteiger partial charge in [0.15, 0.2) is 0 Å². The van der Waals surface area contributed by atoms with Gasteiger partial charge < -0.3 is 9.47 Å². The molecule has 0 radical (unpaired) electrons. The summed E-state index contributed by atoms with van der Waals surface area (Å²) in [6.45, 7) is 7.82. The van der Waals surface area contributed by atoms with Crippen LogP contribution in [0.2, 0.25) is 0 Å². The minimum absolute atomic E-state index is 0.590. The molecule has 1 atom stereocenters. The second-order valence-electron chi connectivity index (χ2n) is 3.58. The third kappa shape index (κ3) is 3.10. The average Bonchev–Trinajstić information content (AvgIpc) is 2.30. The molecule has 15 heavy (non-hydrogen) atoms. The van der Waals surface area contributed by atoms with Gasteiger partial charge in [-0.3, -0.25) is 0 Å². The van der Waals surface area contributed by atoms with Crippen LogP contribution in [-0.2, 0) is 9.47 Å². The standard InChI is InChI=1S/C13H18O2/c1-5-13(3,14-4)15-11(2)12-9-7-6-8-10-12/h6-10H,2,5H2,1,3-4H3. The summed E-state index contributed by atoms with van der Waals surface area (Å²) < 4.78 is 11.0. The molecule has 0 N–H and O–H groups in total. The first-order chi connectivity index (χ1) is 7.11. The Kier molecular flexibility index (Phi) is 3.92. The van der Waals surface area contributed by atoms with E-state index in [9.17, 15) is 0 Å². The molecule has 0 aromatic heterocycles. The molecule has 82 valence electrons. The van der Waals surface area contributed by atoms with E-state index >= 15 is 0 Å². The lowest BCUT2D eigenvalue weighted by molar-refractivity contribution is -0.168. The number of hydrogen-bond acceptors (Lipinski definition) is 2. The van der Waals surface area contributed by atoms with Crippen molar-refractivity contribution in [1.82, 2.24) is 0 Å². The average molecular weight is 206 g/mol. The van der Waals surface area contributed by atoms with Crippen molar-refractivity contribution >= 4 is 5.76 Å². The lowest BCUT2D eigenvalue weighted by Crippen LogP contribution is -2.29. The van der Waals surface area contributed by atoms with Gasteiger partial charge in [0.2, 0.25) is 5.79 Å². The van der Waals surface area contributed by atoms with E-state index in [0.717, 1.165) is 12.0 Å². The van der Waals surface area contributed by atoms with Crippen molar-refractivity contribution in [3.05, 3.63) is 42.5 Å². The molecule has 0 spiro atoms. The second kappa shape index (κ2) is 4.99. The van der Waals surface area contributed by atoms with Gasteiger partial charge in [0.25, 0.3) is 0 Å². The number of methoxy groups -OCH3 is 1. The molecule has 1 aromatic carbocycles. The fourth-order valence-corrected chi connectivity index (χ4v) is 1.20. The van der Waals surface area contributed by atoms with E-state index in [1.807, 2.05) is 44.2 Å². The molecule has 0 heterocycles. The molecule has 1 unspecified atom stereocenters. The van der Waals surface area contributed by atoms with Gasteiger partial charge in [-0.25, -0.2) is 0 Å². The summed E-state index contributed by atoms with van der Waals surface area (Å²) in [5.41, 5.74) is 0.981. The van der Waals surface area contributed by atoms with Gasteiger partial charge in [-0.05, 0) is 0 Å². The Labute approximate surface area is 91.5 Å². The van der Waals surface area contributed by atoms with Crippen LogP contribution in [0.5, 0.6) is 0 Å². The Morgan fingerprint density at radius 3 is 2.40 bits per heavy atom. The summed E-state index contributed by atoms with van der Waals surface area (Å²) in [5.74, 6) is 0.0502. The van der Waals surface area contributed by atoms with E-state index in [1.165, 1.54) is 0 Å². The number of rotatable bonds is 5. The summed E-state index contributed by atoms with van der Waals surface area (Å²) in [7, 11) is 1.64. The highest BCUT2D eigenvalue weighted by Crippen LogP contribution is 2.24. The maximum absolute atomic E-state index is 5.71. The quantitative estimate of drug-likeness (QED) is 0.542. The Balaban J connectivity index is 2.72. The summed E-state index contributed by atoms with van der Waals surface area (Å²) in [6, 6.07) is 9.81. The normalized spacial score (nSPS) is 14.3. The first-order valence-electron chi connectivity index (χ1n) is 5.10. The summed E-state index contributed by atoms with van der Waals surface area (Å²) in [6.07, 6.45) is 0.773. The van der Waals surface area contributed by atoms with Crippen molar-refractivity contribution in [2.24, 2.45) is 0 Å². The molecule has 0 fully saturated rings. The highest BCUT2D eigenvalue weighted by atomic mass is 16.7. The van der Waals surface area contributed by atoms with Gasteiger partial charge >= 0.3 is 0 Å². The lowest BCUT2D eigenvalue weighted by atomic mass is 10.2. The highest BCUT2D eigenvalue weighted by molar-refractivity contribution is 5.57. The third-order valence-corrected chi connectivity index (χ3v) is 2.51. The summed E-state index contributed by atoms with van der Waals surface area (Å²) in [4.78, 5) is 0. The van der Waals surface area contributed by atoms with E-state index in [1.54, 1.807) is 7.11 Å². The second-order valence-corrected chi connectivity index (χ2v) is 3.58. The zero-order chi connectivity index (χ0) is 11.3. The van der Waals surface area contributed by atoms with Crippen LogP contribution < -0.4 is 0 Å². The topological polar surface area (TPSA) is 18.5 Å². The highest BCUT2D eigenvalue weighted by Gasteiger charge is 2.23. The van der Waals surface area contributed by atoms with Gasteiger partial charge in [0.1, 0.15) is 5.76 Å². The lowest BCUT2D eigenvalue weighted by Gasteiger charge is -2.28. The van der Waals surface area contributed by atoms with E-state index in [-0.39, 0.29) is 0 Å².